The van der Waals surface area contributed by atoms with Gasteiger partial charge in [0, 0.05) is 23.8 Å². The summed E-state index contributed by atoms with van der Waals surface area (Å²) in [7, 11) is 0. The lowest BCUT2D eigenvalue weighted by Gasteiger charge is -2.39. The van der Waals surface area contributed by atoms with Crippen LogP contribution in [0.15, 0.2) is 35.1 Å². The van der Waals surface area contributed by atoms with Crippen molar-refractivity contribution in [3.63, 3.8) is 0 Å². The zero-order valence-electron chi connectivity index (χ0n) is 9.83. The van der Waals surface area contributed by atoms with Gasteiger partial charge in [-0.05, 0) is 18.2 Å². The van der Waals surface area contributed by atoms with E-state index in [2.05, 4.69) is 26.2 Å². The fourth-order valence-corrected chi connectivity index (χ4v) is 2.59. The highest BCUT2D eigenvalue weighted by molar-refractivity contribution is 9.10. The molecule has 1 saturated heterocycles. The molecule has 0 aliphatic carbocycles. The standard InChI is InChI=1S/C12H10BrClN4O/c13-8-1-2-11(14)10(5-8)12(19)17-6-9(7-17)18-4-3-15-16-18/h1-5,9H,6-7H2. The Morgan fingerprint density at radius 2 is 2.21 bits per heavy atom. The lowest BCUT2D eigenvalue weighted by molar-refractivity contribution is 0.0498. The van der Waals surface area contributed by atoms with E-state index in [0.717, 1.165) is 4.47 Å². The minimum atomic E-state index is -0.0531. The third-order valence-electron chi connectivity index (χ3n) is 3.12. The first-order chi connectivity index (χ1) is 9.15. The molecule has 98 valence electrons. The minimum Gasteiger partial charge on any atom is -0.334 e. The second kappa shape index (κ2) is 4.94. The Hall–Kier alpha value is -1.40. The van der Waals surface area contributed by atoms with Crippen LogP contribution in [0.2, 0.25) is 5.02 Å². The Labute approximate surface area is 123 Å². The molecule has 2 heterocycles. The van der Waals surface area contributed by atoms with Crippen molar-refractivity contribution >= 4 is 33.4 Å². The van der Waals surface area contributed by atoms with Crippen molar-refractivity contribution in [3.8, 4) is 0 Å². The van der Waals surface area contributed by atoms with Crippen molar-refractivity contribution in [3.05, 3.63) is 45.7 Å². The molecule has 0 saturated carbocycles. The molecule has 1 fully saturated rings. The number of halogens is 2. The summed E-state index contributed by atoms with van der Waals surface area (Å²) in [4.78, 5) is 14.0. The van der Waals surface area contributed by atoms with Crippen LogP contribution < -0.4 is 0 Å². The first-order valence-electron chi connectivity index (χ1n) is 5.75. The van der Waals surface area contributed by atoms with Crippen LogP contribution in [0, 0.1) is 0 Å². The van der Waals surface area contributed by atoms with Crippen LogP contribution in [0.5, 0.6) is 0 Å². The summed E-state index contributed by atoms with van der Waals surface area (Å²) >= 11 is 9.40. The second-order valence-electron chi connectivity index (χ2n) is 4.37. The first-order valence-corrected chi connectivity index (χ1v) is 6.92. The van der Waals surface area contributed by atoms with Gasteiger partial charge in [-0.2, -0.15) is 0 Å². The van der Waals surface area contributed by atoms with Gasteiger partial charge in [-0.1, -0.05) is 32.7 Å². The summed E-state index contributed by atoms with van der Waals surface area (Å²) in [6, 6.07) is 5.48. The van der Waals surface area contributed by atoms with E-state index < -0.39 is 0 Å². The molecule has 19 heavy (non-hydrogen) atoms. The molecular weight excluding hydrogens is 332 g/mol. The van der Waals surface area contributed by atoms with Crippen LogP contribution in [0.1, 0.15) is 16.4 Å². The normalized spacial score (nSPS) is 15.4. The maximum Gasteiger partial charge on any atom is 0.255 e. The Morgan fingerprint density at radius 3 is 2.89 bits per heavy atom. The molecule has 0 unspecified atom stereocenters. The summed E-state index contributed by atoms with van der Waals surface area (Å²) < 4.78 is 2.61. The van der Waals surface area contributed by atoms with E-state index >= 15 is 0 Å². The predicted octanol–water partition coefficient (Wildman–Crippen LogP) is 2.39. The SMILES string of the molecule is O=C(c1cc(Br)ccc1Cl)N1CC(n2ccnn2)C1. The van der Waals surface area contributed by atoms with Gasteiger partial charge in [0.15, 0.2) is 0 Å². The van der Waals surface area contributed by atoms with Crippen LogP contribution in [0.3, 0.4) is 0 Å². The Kier molecular flexibility index (Phi) is 3.28. The van der Waals surface area contributed by atoms with Crippen molar-refractivity contribution in [2.75, 3.05) is 13.1 Å². The van der Waals surface area contributed by atoms with Gasteiger partial charge in [-0.15, -0.1) is 5.10 Å². The summed E-state index contributed by atoms with van der Waals surface area (Å²) in [5, 5.41) is 8.16. The molecule has 0 radical (unpaired) electrons. The van der Waals surface area contributed by atoms with Gasteiger partial charge >= 0.3 is 0 Å². The Bertz CT molecular complexity index is 610. The summed E-state index contributed by atoms with van der Waals surface area (Å²) in [6.07, 6.45) is 3.44. The summed E-state index contributed by atoms with van der Waals surface area (Å²) in [5.74, 6) is -0.0531. The fourth-order valence-electron chi connectivity index (χ4n) is 2.03. The third-order valence-corrected chi connectivity index (χ3v) is 3.95. The maximum atomic E-state index is 12.3. The molecule has 1 aliphatic rings. The van der Waals surface area contributed by atoms with Gasteiger partial charge in [-0.3, -0.25) is 4.79 Å². The molecule has 7 heteroatoms. The number of carbonyl (C=O) groups excluding carboxylic acids is 1. The highest BCUT2D eigenvalue weighted by atomic mass is 79.9. The molecular formula is C12H10BrClN4O. The number of hydrogen-bond acceptors (Lipinski definition) is 3. The smallest absolute Gasteiger partial charge is 0.255 e. The molecule has 5 nitrogen and oxygen atoms in total. The highest BCUT2D eigenvalue weighted by Gasteiger charge is 2.33. The van der Waals surface area contributed by atoms with Crippen molar-refractivity contribution in [1.29, 1.82) is 0 Å². The summed E-state index contributed by atoms with van der Waals surface area (Å²) in [5.41, 5.74) is 0.521. The average molecular weight is 342 g/mol. The number of benzene rings is 1. The Balaban J connectivity index is 1.71. The Morgan fingerprint density at radius 1 is 1.42 bits per heavy atom. The number of carbonyl (C=O) groups is 1. The highest BCUT2D eigenvalue weighted by Crippen LogP contribution is 2.27. The molecule has 0 spiro atoms. The molecule has 1 aromatic heterocycles. The zero-order valence-corrected chi connectivity index (χ0v) is 12.2. The number of rotatable bonds is 2. The van der Waals surface area contributed by atoms with Gasteiger partial charge in [0.25, 0.3) is 5.91 Å². The summed E-state index contributed by atoms with van der Waals surface area (Å²) in [6.45, 7) is 1.26. The van der Waals surface area contributed by atoms with Crippen molar-refractivity contribution in [2.24, 2.45) is 0 Å². The lowest BCUT2D eigenvalue weighted by Crippen LogP contribution is -2.51. The van der Waals surface area contributed by atoms with Gasteiger partial charge in [0.2, 0.25) is 0 Å². The quantitative estimate of drug-likeness (QED) is 0.843. The second-order valence-corrected chi connectivity index (χ2v) is 5.69. The fraction of sp³-hybridized carbons (Fsp3) is 0.250. The topological polar surface area (TPSA) is 51.0 Å². The van der Waals surface area contributed by atoms with E-state index in [1.807, 2.05) is 6.07 Å². The lowest BCUT2D eigenvalue weighted by atomic mass is 10.1. The van der Waals surface area contributed by atoms with E-state index in [1.54, 1.807) is 34.1 Å². The maximum absolute atomic E-state index is 12.3. The van der Waals surface area contributed by atoms with Crippen LogP contribution in [0.25, 0.3) is 0 Å². The van der Waals surface area contributed by atoms with Crippen LogP contribution in [-0.4, -0.2) is 38.9 Å². The third kappa shape index (κ3) is 2.37. The van der Waals surface area contributed by atoms with Crippen LogP contribution in [-0.2, 0) is 0 Å². The molecule has 0 bridgehead atoms. The molecule has 1 amide bonds. The number of likely N-dealkylation sites (tertiary alicyclic amines) is 1. The predicted molar refractivity (Wildman–Crippen MR) is 74.1 cm³/mol. The number of hydrogen-bond donors (Lipinski definition) is 0. The average Bonchev–Trinajstić information content (AvgIpc) is 2.84. The molecule has 3 rings (SSSR count). The minimum absolute atomic E-state index is 0.0531. The van der Waals surface area contributed by atoms with Crippen molar-refractivity contribution < 1.29 is 4.79 Å². The molecule has 1 aromatic carbocycles. The van der Waals surface area contributed by atoms with Gasteiger partial charge in [0.1, 0.15) is 0 Å². The van der Waals surface area contributed by atoms with E-state index in [0.29, 0.717) is 23.7 Å². The van der Waals surface area contributed by atoms with Gasteiger partial charge in [0.05, 0.1) is 22.8 Å². The van der Waals surface area contributed by atoms with E-state index in [1.165, 1.54) is 0 Å². The number of amides is 1. The first kappa shape index (κ1) is 12.6. The van der Waals surface area contributed by atoms with E-state index in [9.17, 15) is 4.79 Å². The zero-order chi connectivity index (χ0) is 13.4. The van der Waals surface area contributed by atoms with Crippen molar-refractivity contribution in [1.82, 2.24) is 19.9 Å². The monoisotopic (exact) mass is 340 g/mol. The van der Waals surface area contributed by atoms with Crippen LogP contribution in [0.4, 0.5) is 0 Å². The van der Waals surface area contributed by atoms with Crippen LogP contribution >= 0.6 is 27.5 Å². The van der Waals surface area contributed by atoms with E-state index in [4.69, 9.17) is 11.6 Å². The molecule has 1 aliphatic heterocycles. The number of aromatic nitrogens is 3. The number of nitrogens with zero attached hydrogens (tertiary/aromatic N) is 4. The molecule has 0 atom stereocenters. The molecule has 0 N–H and O–H groups in total. The van der Waals surface area contributed by atoms with Crippen molar-refractivity contribution in [2.45, 2.75) is 6.04 Å². The molecule has 2 aromatic rings. The van der Waals surface area contributed by atoms with E-state index in [-0.39, 0.29) is 11.9 Å². The van der Waals surface area contributed by atoms with Gasteiger partial charge in [-0.25, -0.2) is 4.68 Å². The van der Waals surface area contributed by atoms with Gasteiger partial charge < -0.3 is 4.90 Å². The largest absolute Gasteiger partial charge is 0.334 e.